The molecule has 0 bridgehead atoms. The van der Waals surface area contributed by atoms with Crippen LogP contribution < -0.4 is 5.32 Å². The predicted molar refractivity (Wildman–Crippen MR) is 94.5 cm³/mol. The van der Waals surface area contributed by atoms with Gasteiger partial charge >= 0.3 is 5.97 Å². The van der Waals surface area contributed by atoms with Crippen molar-refractivity contribution in [3.63, 3.8) is 0 Å². The minimum absolute atomic E-state index is 0.0456. The number of hydrogen-bond acceptors (Lipinski definition) is 3. The van der Waals surface area contributed by atoms with Crippen molar-refractivity contribution >= 4 is 11.9 Å². The van der Waals surface area contributed by atoms with Crippen LogP contribution in [0.5, 0.6) is 0 Å². The van der Waals surface area contributed by atoms with Gasteiger partial charge in [0.25, 0.3) is 0 Å². The van der Waals surface area contributed by atoms with Crippen molar-refractivity contribution in [1.29, 1.82) is 0 Å². The molecule has 1 saturated carbocycles. The summed E-state index contributed by atoms with van der Waals surface area (Å²) in [6, 6.07) is 9.85. The van der Waals surface area contributed by atoms with E-state index >= 15 is 0 Å². The number of hydrogen-bond donors (Lipinski definition) is 1. The van der Waals surface area contributed by atoms with Crippen LogP contribution in [0.3, 0.4) is 0 Å². The van der Waals surface area contributed by atoms with Crippen molar-refractivity contribution in [3.8, 4) is 0 Å². The zero-order chi connectivity index (χ0) is 17.2. The summed E-state index contributed by atoms with van der Waals surface area (Å²) in [4.78, 5) is 24.2. The smallest absolute Gasteiger partial charge is 0.311 e. The lowest BCUT2D eigenvalue weighted by Crippen LogP contribution is -2.35. The second-order valence-electron chi connectivity index (χ2n) is 6.63. The van der Waals surface area contributed by atoms with E-state index in [-0.39, 0.29) is 17.8 Å². The summed E-state index contributed by atoms with van der Waals surface area (Å²) in [6.45, 7) is 2.51. The van der Waals surface area contributed by atoms with Gasteiger partial charge in [-0.2, -0.15) is 0 Å². The monoisotopic (exact) mass is 331 g/mol. The highest BCUT2D eigenvalue weighted by Crippen LogP contribution is 2.28. The van der Waals surface area contributed by atoms with Gasteiger partial charge in [0.05, 0.1) is 12.5 Å². The van der Waals surface area contributed by atoms with Crippen LogP contribution in [0.4, 0.5) is 0 Å². The van der Waals surface area contributed by atoms with Crippen LogP contribution in [0.15, 0.2) is 30.3 Å². The lowest BCUT2D eigenvalue weighted by molar-refractivity contribution is -0.147. The van der Waals surface area contributed by atoms with Crippen molar-refractivity contribution in [1.82, 2.24) is 5.32 Å². The van der Waals surface area contributed by atoms with Crippen molar-refractivity contribution in [3.05, 3.63) is 35.9 Å². The lowest BCUT2D eigenvalue weighted by Gasteiger charge is -2.17. The number of nitrogens with one attached hydrogen (secondary N) is 1. The molecule has 1 fully saturated rings. The maximum atomic E-state index is 12.2. The molecule has 24 heavy (non-hydrogen) atoms. The van der Waals surface area contributed by atoms with Gasteiger partial charge < -0.3 is 10.1 Å². The van der Waals surface area contributed by atoms with Crippen molar-refractivity contribution in [2.75, 3.05) is 13.2 Å². The third-order valence-corrected chi connectivity index (χ3v) is 4.74. The third-order valence-electron chi connectivity index (χ3n) is 4.74. The van der Waals surface area contributed by atoms with Gasteiger partial charge in [-0.25, -0.2) is 0 Å². The molecule has 0 spiro atoms. The molecule has 0 saturated heterocycles. The predicted octanol–water partition coefficient (Wildman–Crippen LogP) is 3.50. The molecule has 1 aliphatic carbocycles. The van der Waals surface area contributed by atoms with Crippen LogP contribution in [-0.4, -0.2) is 25.0 Å². The van der Waals surface area contributed by atoms with E-state index in [2.05, 4.69) is 5.32 Å². The van der Waals surface area contributed by atoms with Gasteiger partial charge in [-0.3, -0.25) is 9.59 Å². The molecule has 1 N–H and O–H groups in total. The Hall–Kier alpha value is -1.84. The number of rotatable bonds is 9. The van der Waals surface area contributed by atoms with Crippen LogP contribution in [-0.2, 0) is 20.7 Å². The van der Waals surface area contributed by atoms with Crippen LogP contribution in [0.1, 0.15) is 51.0 Å². The number of carbonyl (C=O) groups is 2. The average molecular weight is 331 g/mol. The number of carbonyl (C=O) groups excluding carboxylic acids is 2. The zero-order valence-corrected chi connectivity index (χ0v) is 14.6. The van der Waals surface area contributed by atoms with Crippen LogP contribution in [0, 0.1) is 11.8 Å². The van der Waals surface area contributed by atoms with Crippen molar-refractivity contribution in [2.24, 2.45) is 11.8 Å². The Labute approximate surface area is 145 Å². The maximum Gasteiger partial charge on any atom is 0.311 e. The highest BCUT2D eigenvalue weighted by molar-refractivity contribution is 5.78. The Balaban J connectivity index is 1.80. The molecule has 2 rings (SSSR count). The first-order valence-corrected chi connectivity index (χ1v) is 9.16. The molecule has 0 heterocycles. The summed E-state index contributed by atoms with van der Waals surface area (Å²) >= 11 is 0. The second-order valence-corrected chi connectivity index (χ2v) is 6.63. The summed E-state index contributed by atoms with van der Waals surface area (Å²) in [5.41, 5.74) is 1.08. The minimum atomic E-state index is -0.331. The van der Waals surface area contributed by atoms with E-state index in [0.717, 1.165) is 12.0 Å². The molecule has 0 radical (unpaired) electrons. The van der Waals surface area contributed by atoms with Crippen molar-refractivity contribution < 1.29 is 14.3 Å². The van der Waals surface area contributed by atoms with Crippen LogP contribution in [0.25, 0.3) is 0 Å². The molecule has 1 aromatic rings. The van der Waals surface area contributed by atoms with Crippen LogP contribution >= 0.6 is 0 Å². The Morgan fingerprint density at radius 1 is 1.21 bits per heavy atom. The van der Waals surface area contributed by atoms with E-state index in [1.54, 1.807) is 6.92 Å². The van der Waals surface area contributed by atoms with E-state index in [4.69, 9.17) is 4.74 Å². The lowest BCUT2D eigenvalue weighted by atomic mass is 9.98. The fourth-order valence-electron chi connectivity index (χ4n) is 3.36. The molecule has 4 nitrogen and oxygen atoms in total. The van der Waals surface area contributed by atoms with Gasteiger partial charge in [-0.1, -0.05) is 56.0 Å². The Kier molecular flexibility index (Phi) is 7.80. The van der Waals surface area contributed by atoms with Gasteiger partial charge in [0.2, 0.25) is 5.91 Å². The summed E-state index contributed by atoms with van der Waals surface area (Å²) in [6.07, 6.45) is 7.23. The first-order chi connectivity index (χ1) is 11.7. The van der Waals surface area contributed by atoms with E-state index in [9.17, 15) is 9.59 Å². The van der Waals surface area contributed by atoms with Gasteiger partial charge in [0.1, 0.15) is 0 Å². The Morgan fingerprint density at radius 2 is 1.92 bits per heavy atom. The summed E-state index contributed by atoms with van der Waals surface area (Å²) in [5.74, 6) is 0.186. The van der Waals surface area contributed by atoms with Gasteiger partial charge in [0, 0.05) is 13.0 Å². The number of esters is 1. The molecule has 0 aliphatic heterocycles. The maximum absolute atomic E-state index is 12.2. The molecule has 4 heteroatoms. The molecule has 1 atom stereocenters. The Bertz CT molecular complexity index is 509. The molecule has 1 amide bonds. The number of benzene rings is 1. The number of ether oxygens (including phenoxy) is 1. The van der Waals surface area contributed by atoms with Crippen molar-refractivity contribution in [2.45, 2.75) is 51.9 Å². The third kappa shape index (κ3) is 6.34. The zero-order valence-electron chi connectivity index (χ0n) is 14.6. The fraction of sp³-hybridized carbons (Fsp3) is 0.600. The molecule has 0 unspecified atom stereocenters. The van der Waals surface area contributed by atoms with E-state index in [1.807, 2.05) is 30.3 Å². The summed E-state index contributed by atoms with van der Waals surface area (Å²) < 4.78 is 5.16. The van der Waals surface area contributed by atoms with Gasteiger partial charge in [-0.05, 0) is 31.2 Å². The van der Waals surface area contributed by atoms with E-state index in [1.165, 1.54) is 25.7 Å². The molecule has 0 aromatic heterocycles. The topological polar surface area (TPSA) is 55.4 Å². The molecular weight excluding hydrogens is 302 g/mol. The SMILES string of the molecule is CCOC(=O)[C@@H](CNC(=O)CCC1CCCC1)Cc1ccccc1. The molecule has 1 aromatic carbocycles. The molecule has 132 valence electrons. The standard InChI is InChI=1S/C20H29NO3/c1-2-24-20(23)18(14-17-10-4-3-5-11-17)15-21-19(22)13-12-16-8-6-7-9-16/h3-5,10-11,16,18H,2,6-9,12-15H2,1H3,(H,21,22)/t18-/m1/s1. The minimum Gasteiger partial charge on any atom is -0.466 e. The van der Waals surface area contributed by atoms with Gasteiger partial charge in [-0.15, -0.1) is 0 Å². The highest BCUT2D eigenvalue weighted by atomic mass is 16.5. The highest BCUT2D eigenvalue weighted by Gasteiger charge is 2.22. The quantitative estimate of drug-likeness (QED) is 0.705. The molecular formula is C20H29NO3. The van der Waals surface area contributed by atoms with E-state index in [0.29, 0.717) is 31.9 Å². The van der Waals surface area contributed by atoms with Gasteiger partial charge in [0.15, 0.2) is 0 Å². The normalized spacial score (nSPS) is 15.9. The second kappa shape index (κ2) is 10.1. The largest absolute Gasteiger partial charge is 0.466 e. The van der Waals surface area contributed by atoms with E-state index < -0.39 is 0 Å². The molecule has 1 aliphatic rings. The summed E-state index contributed by atoms with van der Waals surface area (Å²) in [7, 11) is 0. The Morgan fingerprint density at radius 3 is 2.58 bits per heavy atom. The average Bonchev–Trinajstić information content (AvgIpc) is 3.11. The number of amides is 1. The summed E-state index contributed by atoms with van der Waals surface area (Å²) in [5, 5.41) is 2.93. The first kappa shape index (κ1) is 18.5. The van der Waals surface area contributed by atoms with Crippen LogP contribution in [0.2, 0.25) is 0 Å². The first-order valence-electron chi connectivity index (χ1n) is 9.16. The fourth-order valence-corrected chi connectivity index (χ4v) is 3.36.